The van der Waals surface area contributed by atoms with Gasteiger partial charge in [-0.3, -0.25) is 4.79 Å². The van der Waals surface area contributed by atoms with E-state index in [9.17, 15) is 13.2 Å². The first kappa shape index (κ1) is 24.3. The molecule has 10 nitrogen and oxygen atoms in total. The fourth-order valence-electron chi connectivity index (χ4n) is 3.20. The Hall–Kier alpha value is -3.31. The first-order valence-corrected chi connectivity index (χ1v) is 11.9. The number of carbonyl (C=O) groups excluding carboxylic acids is 1. The zero-order valence-corrected chi connectivity index (χ0v) is 20.1. The molecule has 1 amide bonds. The molecule has 0 radical (unpaired) electrons. The first-order chi connectivity index (χ1) is 15.6. The van der Waals surface area contributed by atoms with Crippen molar-refractivity contribution in [2.45, 2.75) is 31.7 Å². The highest BCUT2D eigenvalue weighted by Gasteiger charge is 2.29. The highest BCUT2D eigenvalue weighted by Crippen LogP contribution is 2.30. The number of tetrazole rings is 1. The summed E-state index contributed by atoms with van der Waals surface area (Å²) in [6, 6.07) is 13.1. The van der Waals surface area contributed by atoms with Crippen LogP contribution >= 0.6 is 0 Å². The fourth-order valence-corrected chi connectivity index (χ4v) is 4.25. The minimum atomic E-state index is -3.79. The monoisotopic (exact) mass is 472 g/mol. The molecule has 0 aliphatic heterocycles. The van der Waals surface area contributed by atoms with E-state index in [4.69, 9.17) is 4.74 Å². The molecule has 2 aromatic carbocycles. The number of anilines is 1. The normalized spacial score (nSPS) is 12.7. The van der Waals surface area contributed by atoms with Crippen LogP contribution in [0.1, 0.15) is 26.8 Å². The number of sulfonamides is 1. The summed E-state index contributed by atoms with van der Waals surface area (Å²) in [5, 5.41) is 15.3. The van der Waals surface area contributed by atoms with E-state index in [0.29, 0.717) is 18.1 Å². The average Bonchev–Trinajstić information content (AvgIpc) is 3.24. The van der Waals surface area contributed by atoms with E-state index in [-0.39, 0.29) is 22.5 Å². The SMILES string of the molecule is CCOc1ccc(NC(=O)C(C(C)C)n2nnc(-c3ccccc3)n2)cc1S(=O)(=O)N(C)C. The van der Waals surface area contributed by atoms with Crippen molar-refractivity contribution in [3.63, 3.8) is 0 Å². The van der Waals surface area contributed by atoms with Gasteiger partial charge in [0.2, 0.25) is 15.8 Å². The molecule has 1 aromatic heterocycles. The number of ether oxygens (including phenoxy) is 1. The van der Waals surface area contributed by atoms with E-state index in [1.807, 2.05) is 44.2 Å². The Morgan fingerprint density at radius 3 is 2.45 bits per heavy atom. The number of amides is 1. The molecule has 0 bridgehead atoms. The zero-order valence-electron chi connectivity index (χ0n) is 19.3. The molecule has 1 atom stereocenters. The Morgan fingerprint density at radius 2 is 1.85 bits per heavy atom. The molecular weight excluding hydrogens is 444 g/mol. The molecule has 1 N–H and O–H groups in total. The minimum Gasteiger partial charge on any atom is -0.492 e. The zero-order chi connectivity index (χ0) is 24.2. The topological polar surface area (TPSA) is 119 Å². The second-order valence-corrected chi connectivity index (χ2v) is 9.98. The summed E-state index contributed by atoms with van der Waals surface area (Å²) in [5.74, 6) is 0.0828. The molecule has 176 valence electrons. The summed E-state index contributed by atoms with van der Waals surface area (Å²) in [6.45, 7) is 5.81. The third-order valence-corrected chi connectivity index (χ3v) is 6.72. The number of hydrogen-bond donors (Lipinski definition) is 1. The van der Waals surface area contributed by atoms with Crippen LogP contribution in [-0.2, 0) is 14.8 Å². The van der Waals surface area contributed by atoms with Crippen molar-refractivity contribution in [2.24, 2.45) is 5.92 Å². The molecule has 0 spiro atoms. The summed E-state index contributed by atoms with van der Waals surface area (Å²) in [6.07, 6.45) is 0. The quantitative estimate of drug-likeness (QED) is 0.508. The van der Waals surface area contributed by atoms with Gasteiger partial charge < -0.3 is 10.1 Å². The van der Waals surface area contributed by atoms with Crippen LogP contribution in [0.5, 0.6) is 5.75 Å². The van der Waals surface area contributed by atoms with Gasteiger partial charge in [0.05, 0.1) is 6.61 Å². The van der Waals surface area contributed by atoms with E-state index < -0.39 is 16.1 Å². The van der Waals surface area contributed by atoms with Crippen molar-refractivity contribution in [3.8, 4) is 17.1 Å². The molecule has 1 heterocycles. The highest BCUT2D eigenvalue weighted by atomic mass is 32.2. The second-order valence-electron chi connectivity index (χ2n) is 7.86. The van der Waals surface area contributed by atoms with Crippen LogP contribution < -0.4 is 10.1 Å². The number of benzene rings is 2. The Kier molecular flexibility index (Phi) is 7.44. The lowest BCUT2D eigenvalue weighted by atomic mass is 10.0. The molecule has 0 saturated carbocycles. The number of nitrogens with zero attached hydrogens (tertiary/aromatic N) is 5. The molecule has 0 saturated heterocycles. The van der Waals surface area contributed by atoms with Gasteiger partial charge in [-0.2, -0.15) is 4.80 Å². The average molecular weight is 473 g/mol. The number of rotatable bonds is 9. The molecule has 1 unspecified atom stereocenters. The Labute approximate surface area is 193 Å². The second kappa shape index (κ2) is 10.1. The number of carbonyl (C=O) groups is 1. The lowest BCUT2D eigenvalue weighted by Gasteiger charge is -2.20. The van der Waals surface area contributed by atoms with Crippen LogP contribution in [0.2, 0.25) is 0 Å². The maximum atomic E-state index is 13.2. The Balaban J connectivity index is 1.90. The molecule has 11 heteroatoms. The minimum absolute atomic E-state index is 0.0292. The number of nitrogens with one attached hydrogen (secondary N) is 1. The van der Waals surface area contributed by atoms with E-state index in [1.54, 1.807) is 13.0 Å². The number of hydrogen-bond acceptors (Lipinski definition) is 7. The first-order valence-electron chi connectivity index (χ1n) is 10.5. The molecule has 3 rings (SSSR count). The van der Waals surface area contributed by atoms with Gasteiger partial charge in [-0.05, 0) is 36.3 Å². The van der Waals surface area contributed by atoms with Crippen molar-refractivity contribution in [1.29, 1.82) is 0 Å². The van der Waals surface area contributed by atoms with Crippen LogP contribution in [0, 0.1) is 5.92 Å². The van der Waals surface area contributed by atoms with Crippen molar-refractivity contribution < 1.29 is 17.9 Å². The smallest absolute Gasteiger partial charge is 0.251 e. The van der Waals surface area contributed by atoms with E-state index in [1.165, 1.54) is 31.0 Å². The van der Waals surface area contributed by atoms with Crippen LogP contribution in [-0.4, -0.2) is 59.5 Å². The lowest BCUT2D eigenvalue weighted by molar-refractivity contribution is -0.121. The number of aromatic nitrogens is 4. The van der Waals surface area contributed by atoms with Crippen LogP contribution in [0.3, 0.4) is 0 Å². The summed E-state index contributed by atoms with van der Waals surface area (Å²) < 4.78 is 32.1. The van der Waals surface area contributed by atoms with Gasteiger partial charge in [-0.1, -0.05) is 44.2 Å². The van der Waals surface area contributed by atoms with Crippen LogP contribution in [0.15, 0.2) is 53.4 Å². The summed E-state index contributed by atoms with van der Waals surface area (Å²) in [7, 11) is -0.914. The van der Waals surface area contributed by atoms with Crippen molar-refractivity contribution in [1.82, 2.24) is 24.5 Å². The van der Waals surface area contributed by atoms with Gasteiger partial charge in [0.1, 0.15) is 10.6 Å². The van der Waals surface area contributed by atoms with E-state index in [2.05, 4.69) is 20.7 Å². The van der Waals surface area contributed by atoms with Crippen LogP contribution in [0.4, 0.5) is 5.69 Å². The van der Waals surface area contributed by atoms with Gasteiger partial charge in [-0.15, -0.1) is 10.2 Å². The molecular formula is C22H28N6O4S. The summed E-state index contributed by atoms with van der Waals surface area (Å²) in [5.41, 5.74) is 1.11. The molecule has 3 aromatic rings. The Bertz CT molecular complexity index is 1210. The van der Waals surface area contributed by atoms with Gasteiger partial charge >= 0.3 is 0 Å². The largest absolute Gasteiger partial charge is 0.492 e. The maximum absolute atomic E-state index is 13.2. The van der Waals surface area contributed by atoms with E-state index >= 15 is 0 Å². The predicted molar refractivity (Wildman–Crippen MR) is 124 cm³/mol. The van der Waals surface area contributed by atoms with Gasteiger partial charge in [0, 0.05) is 25.3 Å². The van der Waals surface area contributed by atoms with Gasteiger partial charge in [-0.25, -0.2) is 12.7 Å². The lowest BCUT2D eigenvalue weighted by Crippen LogP contribution is -2.31. The molecule has 33 heavy (non-hydrogen) atoms. The van der Waals surface area contributed by atoms with Crippen molar-refractivity contribution in [2.75, 3.05) is 26.0 Å². The van der Waals surface area contributed by atoms with Crippen molar-refractivity contribution in [3.05, 3.63) is 48.5 Å². The standard InChI is InChI=1S/C22H28N6O4S/c1-6-32-18-13-12-17(14-19(18)33(30,31)27(4)5)23-22(29)20(15(2)3)28-25-21(24-26-28)16-10-8-7-9-11-16/h7-15,20H,6H2,1-5H3,(H,23,29). The fraction of sp³-hybridized carbons (Fsp3) is 0.364. The maximum Gasteiger partial charge on any atom is 0.251 e. The van der Waals surface area contributed by atoms with Gasteiger partial charge in [0.25, 0.3) is 5.91 Å². The van der Waals surface area contributed by atoms with Crippen molar-refractivity contribution >= 4 is 21.6 Å². The molecule has 0 aliphatic rings. The summed E-state index contributed by atoms with van der Waals surface area (Å²) in [4.78, 5) is 14.4. The molecule has 0 aliphatic carbocycles. The van der Waals surface area contributed by atoms with Crippen LogP contribution in [0.25, 0.3) is 11.4 Å². The third-order valence-electron chi connectivity index (χ3n) is 4.88. The highest BCUT2D eigenvalue weighted by molar-refractivity contribution is 7.89. The van der Waals surface area contributed by atoms with E-state index in [0.717, 1.165) is 9.87 Å². The Morgan fingerprint density at radius 1 is 1.15 bits per heavy atom. The molecule has 0 fully saturated rings. The third kappa shape index (κ3) is 5.37. The van der Waals surface area contributed by atoms with Gasteiger partial charge in [0.15, 0.2) is 6.04 Å². The summed E-state index contributed by atoms with van der Waals surface area (Å²) >= 11 is 0. The predicted octanol–water partition coefficient (Wildman–Crippen LogP) is 2.82.